The number of carbonyl (C=O) groups is 5. The van der Waals surface area contributed by atoms with Crippen molar-refractivity contribution in [1.29, 1.82) is 0 Å². The molecule has 7 N–H and O–H groups in total. The average Bonchev–Trinajstić information content (AvgIpc) is 3.23. The molecule has 0 radical (unpaired) electrons. The summed E-state index contributed by atoms with van der Waals surface area (Å²) < 4.78 is 49.6. The van der Waals surface area contributed by atoms with E-state index < -0.39 is 67.3 Å². The maximum atomic E-state index is 14.4. The lowest BCUT2D eigenvalue weighted by Gasteiger charge is -2.29. The van der Waals surface area contributed by atoms with Crippen molar-refractivity contribution in [3.8, 4) is 5.75 Å². The summed E-state index contributed by atoms with van der Waals surface area (Å²) in [5.41, 5.74) is 5.94. The fraction of sp³-hybridized carbons (Fsp3) is 0.341. The van der Waals surface area contributed by atoms with Crippen LogP contribution in [0.4, 0.5) is 8.78 Å². The molecule has 0 aliphatic heterocycles. The number of alkyl halides is 2. The number of carbonyl (C=O) groups excluding carboxylic acids is 5. The molecule has 0 aliphatic rings. The van der Waals surface area contributed by atoms with Gasteiger partial charge in [0.1, 0.15) is 23.9 Å². The van der Waals surface area contributed by atoms with Crippen molar-refractivity contribution in [3.05, 3.63) is 136 Å². The number of ether oxygens (including phenoxy) is 1. The molecule has 0 bridgehead atoms. The summed E-state index contributed by atoms with van der Waals surface area (Å²) in [6.07, 6.45) is -2.73. The van der Waals surface area contributed by atoms with Gasteiger partial charge in [0.15, 0.2) is 5.60 Å². The lowest BCUT2D eigenvalue weighted by atomic mass is 10.00. The maximum Gasteiger partial charge on any atom is 0.701 e. The first-order valence-corrected chi connectivity index (χ1v) is 21.3. The first-order valence-electron chi connectivity index (χ1n) is 19.8. The summed E-state index contributed by atoms with van der Waals surface area (Å²) in [6.45, 7) is 5.29. The van der Waals surface area contributed by atoms with Crippen molar-refractivity contribution in [3.63, 3.8) is 0 Å². The first kappa shape index (κ1) is 48.9. The molecule has 4 aromatic rings. The van der Waals surface area contributed by atoms with Crippen molar-refractivity contribution in [2.24, 2.45) is 5.73 Å². The minimum absolute atomic E-state index is 0.0227. The number of nitrogens with two attached hydrogens (primary N) is 1. The Hall–Kier alpha value is -5.80. The van der Waals surface area contributed by atoms with Crippen molar-refractivity contribution in [1.82, 2.24) is 21.3 Å². The fourth-order valence-electron chi connectivity index (χ4n) is 6.16. The van der Waals surface area contributed by atoms with E-state index in [9.17, 15) is 37.3 Å². The first-order chi connectivity index (χ1) is 29.4. The molecule has 0 fully saturated rings. The van der Waals surface area contributed by atoms with E-state index >= 15 is 0 Å². The molecule has 18 heteroatoms. The van der Waals surface area contributed by atoms with E-state index in [-0.39, 0.29) is 37.3 Å². The Balaban J connectivity index is 1.53. The van der Waals surface area contributed by atoms with Crippen LogP contribution in [0.3, 0.4) is 0 Å². The largest absolute Gasteiger partial charge is 0.701 e. The summed E-state index contributed by atoms with van der Waals surface area (Å²) in [5, 5.41) is 11.3. The van der Waals surface area contributed by atoms with Gasteiger partial charge >= 0.3 is 14.4 Å². The predicted octanol–water partition coefficient (Wildman–Crippen LogP) is 5.80. The Kier molecular flexibility index (Phi) is 18.0. The van der Waals surface area contributed by atoms with Gasteiger partial charge in [0.05, 0.1) is 5.56 Å². The van der Waals surface area contributed by atoms with Gasteiger partial charge < -0.3 is 31.7 Å². The number of amides is 5. The topological polar surface area (TPSA) is 215 Å². The minimum Gasteiger partial charge on any atom is -0.478 e. The zero-order valence-corrected chi connectivity index (χ0v) is 36.0. The lowest BCUT2D eigenvalue weighted by Crippen LogP contribution is -2.59. The number of unbranched alkanes of at least 4 members (excludes halogenated alkanes) is 1. The van der Waals surface area contributed by atoms with Crippen molar-refractivity contribution in [2.75, 3.05) is 6.54 Å². The standard InChI is InChI=1S/C44H49ClF2N5O9P/c1-4-28-13-17-31(18-14-28)39(54)49-25-9-8-12-35(38(48)53)50-40(55)36(27-30-15-19-32(20-16-30)44(46,47)61-62(58)59)51-41(56)37(26-29-10-6-5-7-11-29)52-42(57)43(2,3)60-34-23-21-33(45)22-24-34/h5-7,10-11,13-24,35-37H,4,8-9,12,25-27H2,1-3H3,(H6-,48,49,50,51,52,53,54,55,56,57,58,59)/p+1. The number of hydrogen-bond donors (Lipinski definition) is 6. The summed E-state index contributed by atoms with van der Waals surface area (Å²) >= 11 is 6.00. The van der Waals surface area contributed by atoms with Crippen LogP contribution in [0, 0.1) is 0 Å². The molecule has 14 nitrogen and oxygen atoms in total. The van der Waals surface area contributed by atoms with Gasteiger partial charge in [-0.05, 0) is 109 Å². The molecule has 4 unspecified atom stereocenters. The van der Waals surface area contributed by atoms with Crippen LogP contribution in [-0.2, 0) is 53.6 Å². The Bertz CT molecular complexity index is 2160. The number of rotatable bonds is 23. The van der Waals surface area contributed by atoms with Gasteiger partial charge in [-0.15, -0.1) is 4.89 Å². The van der Waals surface area contributed by atoms with Gasteiger partial charge in [-0.1, -0.05) is 73.1 Å². The van der Waals surface area contributed by atoms with E-state index in [0.29, 0.717) is 34.7 Å². The van der Waals surface area contributed by atoms with E-state index in [1.54, 1.807) is 66.7 Å². The average molecular weight is 897 g/mol. The van der Waals surface area contributed by atoms with Gasteiger partial charge in [0.2, 0.25) is 17.7 Å². The third-order valence-electron chi connectivity index (χ3n) is 9.68. The third-order valence-corrected chi connectivity index (χ3v) is 10.3. The smallest absolute Gasteiger partial charge is 0.478 e. The van der Waals surface area contributed by atoms with Crippen LogP contribution in [0.15, 0.2) is 103 Å². The molecule has 0 spiro atoms. The molecule has 0 saturated heterocycles. The molecule has 0 heterocycles. The fourth-order valence-corrected chi connectivity index (χ4v) is 6.59. The molecule has 4 rings (SSSR count). The monoisotopic (exact) mass is 896 g/mol. The van der Waals surface area contributed by atoms with E-state index in [1.807, 2.05) is 19.1 Å². The van der Waals surface area contributed by atoms with Crippen LogP contribution in [0.25, 0.3) is 0 Å². The predicted molar refractivity (Wildman–Crippen MR) is 228 cm³/mol. The number of benzene rings is 4. The Morgan fingerprint density at radius 1 is 0.758 bits per heavy atom. The highest BCUT2D eigenvalue weighted by Gasteiger charge is 2.43. The molecule has 4 atom stereocenters. The Morgan fingerprint density at radius 3 is 1.87 bits per heavy atom. The summed E-state index contributed by atoms with van der Waals surface area (Å²) in [4.78, 5) is 76.0. The number of aryl methyl sites for hydroxylation is 1. The number of nitrogens with one attached hydrogen (secondary N) is 4. The van der Waals surface area contributed by atoms with Gasteiger partial charge in [0, 0.05) is 34.5 Å². The number of primary amides is 1. The van der Waals surface area contributed by atoms with E-state index in [0.717, 1.165) is 24.1 Å². The van der Waals surface area contributed by atoms with Gasteiger partial charge in [-0.25, -0.2) is 0 Å². The van der Waals surface area contributed by atoms with E-state index in [2.05, 4.69) is 25.8 Å². The highest BCUT2D eigenvalue weighted by molar-refractivity contribution is 7.32. The molecule has 0 saturated carbocycles. The highest BCUT2D eigenvalue weighted by atomic mass is 35.5. The molecular formula is C44H50ClF2N5O9P+. The second-order valence-corrected chi connectivity index (χ2v) is 16.0. The van der Waals surface area contributed by atoms with Crippen molar-refractivity contribution < 1.29 is 51.5 Å². The SMILES string of the molecule is CCc1ccc(C(=O)NCCCCC(NC(=O)C(Cc2ccc(C(F)(F)O[P+](=O)O)cc2)NC(=O)C(Cc2ccccc2)NC(=O)C(C)(C)Oc2ccc(Cl)cc2)C(N)=O)cc1. The minimum atomic E-state index is -4.11. The summed E-state index contributed by atoms with van der Waals surface area (Å²) in [7, 11) is -3.64. The van der Waals surface area contributed by atoms with Crippen molar-refractivity contribution >= 4 is 49.4 Å². The molecule has 4 aromatic carbocycles. The second kappa shape index (κ2) is 22.9. The van der Waals surface area contributed by atoms with Gasteiger partial charge in [-0.3, -0.25) is 24.0 Å². The van der Waals surface area contributed by atoms with Crippen LogP contribution in [0.1, 0.15) is 72.6 Å². The maximum absolute atomic E-state index is 14.4. The lowest BCUT2D eigenvalue weighted by molar-refractivity contribution is -0.185. The molecular weight excluding hydrogens is 847 g/mol. The molecule has 0 aromatic heterocycles. The van der Waals surface area contributed by atoms with Crippen LogP contribution < -0.4 is 31.7 Å². The van der Waals surface area contributed by atoms with Crippen LogP contribution in [0.5, 0.6) is 5.75 Å². The Morgan fingerprint density at radius 2 is 1.31 bits per heavy atom. The highest BCUT2D eigenvalue weighted by Crippen LogP contribution is 2.37. The Labute approximate surface area is 364 Å². The van der Waals surface area contributed by atoms with Gasteiger partial charge in [-0.2, -0.15) is 8.78 Å². The number of hydrogen-bond acceptors (Lipinski definition) is 8. The molecule has 330 valence electrons. The second-order valence-electron chi connectivity index (χ2n) is 14.9. The van der Waals surface area contributed by atoms with Crippen LogP contribution in [-0.4, -0.2) is 64.7 Å². The molecule has 62 heavy (non-hydrogen) atoms. The van der Waals surface area contributed by atoms with E-state index in [1.165, 1.54) is 26.0 Å². The van der Waals surface area contributed by atoms with Crippen molar-refractivity contribution in [2.45, 2.75) is 89.1 Å². The number of halogens is 3. The van der Waals surface area contributed by atoms with Crippen LogP contribution >= 0.6 is 19.9 Å². The van der Waals surface area contributed by atoms with Gasteiger partial charge in [0.25, 0.3) is 11.8 Å². The molecule has 5 amide bonds. The summed E-state index contributed by atoms with van der Waals surface area (Å²) in [6, 6.07) is 22.6. The zero-order chi connectivity index (χ0) is 45.5. The van der Waals surface area contributed by atoms with Crippen LogP contribution in [0.2, 0.25) is 5.02 Å². The zero-order valence-electron chi connectivity index (χ0n) is 34.4. The summed E-state index contributed by atoms with van der Waals surface area (Å²) in [5.74, 6) is -3.12. The molecule has 0 aliphatic carbocycles. The van der Waals surface area contributed by atoms with E-state index in [4.69, 9.17) is 27.0 Å². The normalized spacial score (nSPS) is 13.2. The quantitative estimate of drug-likeness (QED) is 0.0392. The third kappa shape index (κ3) is 15.3.